The highest BCUT2D eigenvalue weighted by atomic mass is 32.2. The molecule has 3 atom stereocenters. The van der Waals surface area contributed by atoms with Gasteiger partial charge in [-0.3, -0.25) is 0 Å². The molecule has 1 fully saturated rings. The lowest BCUT2D eigenvalue weighted by Crippen LogP contribution is -2.30. The van der Waals surface area contributed by atoms with E-state index in [1.807, 2.05) is 0 Å². The van der Waals surface area contributed by atoms with Crippen molar-refractivity contribution in [1.82, 2.24) is 4.31 Å². The van der Waals surface area contributed by atoms with Crippen molar-refractivity contribution >= 4 is 10.0 Å². The summed E-state index contributed by atoms with van der Waals surface area (Å²) >= 11 is 0. The normalized spacial score (nSPS) is 29.1. The van der Waals surface area contributed by atoms with Gasteiger partial charge in [0.05, 0.1) is 6.04 Å². The SMILES string of the molecule is C[C@H]1[C@@H](c2ccccc2)N1S(=O)(=O)C(F)(F)F. The van der Waals surface area contributed by atoms with E-state index in [1.54, 1.807) is 30.3 Å². The fourth-order valence-corrected chi connectivity index (χ4v) is 3.22. The summed E-state index contributed by atoms with van der Waals surface area (Å²) in [4.78, 5) is 0. The lowest BCUT2D eigenvalue weighted by molar-refractivity contribution is -0.0469. The minimum absolute atomic E-state index is 0.488. The third-order valence-corrected chi connectivity index (χ3v) is 4.45. The van der Waals surface area contributed by atoms with Crippen LogP contribution in [0.25, 0.3) is 0 Å². The Morgan fingerprint density at radius 2 is 1.71 bits per heavy atom. The van der Waals surface area contributed by atoms with Gasteiger partial charge in [-0.15, -0.1) is 0 Å². The smallest absolute Gasteiger partial charge is 0.203 e. The summed E-state index contributed by atoms with van der Waals surface area (Å²) in [5.74, 6) is 0. The Bertz CT molecular complexity index is 512. The zero-order chi connectivity index (χ0) is 12.8. The summed E-state index contributed by atoms with van der Waals surface area (Å²) in [6, 6.07) is 6.93. The maximum atomic E-state index is 12.4. The van der Waals surface area contributed by atoms with Gasteiger partial charge in [-0.25, -0.2) is 8.42 Å². The third-order valence-electron chi connectivity index (χ3n) is 2.75. The first kappa shape index (κ1) is 12.4. The van der Waals surface area contributed by atoms with Crippen LogP contribution < -0.4 is 0 Å². The quantitative estimate of drug-likeness (QED) is 0.769. The Morgan fingerprint density at radius 3 is 2.18 bits per heavy atom. The summed E-state index contributed by atoms with van der Waals surface area (Å²) in [6.45, 7) is 1.46. The predicted molar refractivity (Wildman–Crippen MR) is 55.5 cm³/mol. The molecule has 0 spiro atoms. The summed E-state index contributed by atoms with van der Waals surface area (Å²) < 4.78 is 60.0. The van der Waals surface area contributed by atoms with E-state index in [-0.39, 0.29) is 0 Å². The van der Waals surface area contributed by atoms with Gasteiger partial charge in [0.2, 0.25) is 0 Å². The predicted octanol–water partition coefficient (Wildman–Crippen LogP) is 2.28. The molecular weight excluding hydrogens is 255 g/mol. The molecule has 1 saturated heterocycles. The van der Waals surface area contributed by atoms with Crippen LogP contribution in [-0.2, 0) is 10.0 Å². The van der Waals surface area contributed by atoms with Crippen LogP contribution in [0.4, 0.5) is 13.2 Å². The average Bonchev–Trinajstić information content (AvgIpc) is 2.90. The molecule has 1 unspecified atom stereocenters. The van der Waals surface area contributed by atoms with Gasteiger partial charge in [0.25, 0.3) is 0 Å². The molecule has 1 aromatic rings. The molecule has 1 aromatic carbocycles. The van der Waals surface area contributed by atoms with Crippen molar-refractivity contribution < 1.29 is 21.6 Å². The van der Waals surface area contributed by atoms with Crippen molar-refractivity contribution in [3.05, 3.63) is 35.9 Å². The second-order valence-electron chi connectivity index (χ2n) is 3.88. The van der Waals surface area contributed by atoms with E-state index < -0.39 is 27.6 Å². The zero-order valence-corrected chi connectivity index (χ0v) is 9.66. The van der Waals surface area contributed by atoms with E-state index in [4.69, 9.17) is 0 Å². The van der Waals surface area contributed by atoms with Crippen molar-refractivity contribution in [2.75, 3.05) is 0 Å². The molecule has 1 aliphatic heterocycles. The Kier molecular flexibility index (Phi) is 2.70. The van der Waals surface area contributed by atoms with Crippen LogP contribution in [0.15, 0.2) is 30.3 Å². The summed E-state index contributed by atoms with van der Waals surface area (Å²) in [5.41, 5.74) is -4.65. The number of hydrogen-bond donors (Lipinski definition) is 0. The number of alkyl halides is 3. The molecule has 94 valence electrons. The van der Waals surface area contributed by atoms with Crippen LogP contribution in [0, 0.1) is 0 Å². The average molecular weight is 265 g/mol. The number of benzene rings is 1. The van der Waals surface area contributed by atoms with Gasteiger partial charge in [-0.05, 0) is 12.5 Å². The minimum atomic E-state index is -5.23. The first-order valence-corrected chi connectivity index (χ1v) is 6.35. The largest absolute Gasteiger partial charge is 0.511 e. The fraction of sp³-hybridized carbons (Fsp3) is 0.400. The molecular formula is C10H10F3NO2S. The van der Waals surface area contributed by atoms with Gasteiger partial charge in [-0.2, -0.15) is 17.5 Å². The van der Waals surface area contributed by atoms with Gasteiger partial charge >= 0.3 is 15.5 Å². The maximum Gasteiger partial charge on any atom is 0.511 e. The molecule has 0 radical (unpaired) electrons. The van der Waals surface area contributed by atoms with E-state index in [1.165, 1.54) is 6.92 Å². The van der Waals surface area contributed by atoms with Gasteiger partial charge in [0.15, 0.2) is 0 Å². The summed E-state index contributed by atoms with van der Waals surface area (Å²) in [6.07, 6.45) is 0. The van der Waals surface area contributed by atoms with Gasteiger partial charge in [-0.1, -0.05) is 30.3 Å². The van der Waals surface area contributed by atoms with E-state index >= 15 is 0 Å². The fourth-order valence-electron chi connectivity index (χ4n) is 1.89. The molecule has 0 bridgehead atoms. The third kappa shape index (κ3) is 1.93. The van der Waals surface area contributed by atoms with E-state index in [2.05, 4.69) is 0 Å². The number of rotatable bonds is 2. The molecule has 2 rings (SSSR count). The minimum Gasteiger partial charge on any atom is -0.203 e. The van der Waals surface area contributed by atoms with Crippen molar-refractivity contribution in [3.63, 3.8) is 0 Å². The highest BCUT2D eigenvalue weighted by molar-refractivity contribution is 7.90. The molecule has 0 aromatic heterocycles. The van der Waals surface area contributed by atoms with Crippen molar-refractivity contribution in [3.8, 4) is 0 Å². The Balaban J connectivity index is 2.29. The lowest BCUT2D eigenvalue weighted by Gasteiger charge is -2.09. The Labute approximate surface area is 96.9 Å². The van der Waals surface area contributed by atoms with E-state index in [9.17, 15) is 21.6 Å². The van der Waals surface area contributed by atoms with Gasteiger partial charge in [0, 0.05) is 6.04 Å². The Hall–Kier alpha value is -1.08. The van der Waals surface area contributed by atoms with E-state index in [0.717, 1.165) is 0 Å². The molecule has 3 nitrogen and oxygen atoms in total. The van der Waals surface area contributed by atoms with Crippen molar-refractivity contribution in [2.45, 2.75) is 24.5 Å². The van der Waals surface area contributed by atoms with Crippen LogP contribution >= 0.6 is 0 Å². The number of sulfonamides is 1. The second kappa shape index (κ2) is 3.71. The molecule has 1 aliphatic rings. The van der Waals surface area contributed by atoms with Crippen molar-refractivity contribution in [2.24, 2.45) is 0 Å². The summed E-state index contributed by atoms with van der Waals surface area (Å²) in [5, 5.41) is 0. The summed E-state index contributed by atoms with van der Waals surface area (Å²) in [7, 11) is -5.22. The molecule has 17 heavy (non-hydrogen) atoms. The van der Waals surface area contributed by atoms with Crippen LogP contribution in [0.3, 0.4) is 0 Å². The van der Waals surface area contributed by atoms with Crippen LogP contribution in [0.1, 0.15) is 18.5 Å². The molecule has 0 N–H and O–H groups in total. The first-order chi connectivity index (χ1) is 7.77. The monoisotopic (exact) mass is 265 g/mol. The lowest BCUT2D eigenvalue weighted by atomic mass is 10.1. The van der Waals surface area contributed by atoms with Gasteiger partial charge in [0.1, 0.15) is 0 Å². The second-order valence-corrected chi connectivity index (χ2v) is 5.71. The standard InChI is InChI=1S/C10H10F3NO2S/c1-7-9(8-5-3-2-4-6-8)14(7)17(15,16)10(11,12)13/h2-7,9H,1H3/t7-,9-,14?/m0/s1. The highest BCUT2D eigenvalue weighted by Gasteiger charge is 2.62. The maximum absolute atomic E-state index is 12.4. The van der Waals surface area contributed by atoms with Crippen molar-refractivity contribution in [1.29, 1.82) is 0 Å². The number of hydrogen-bond acceptors (Lipinski definition) is 2. The highest BCUT2D eigenvalue weighted by Crippen LogP contribution is 2.49. The molecule has 1 heterocycles. The number of nitrogens with zero attached hydrogens (tertiary/aromatic N) is 1. The molecule has 0 aliphatic carbocycles. The van der Waals surface area contributed by atoms with Crippen LogP contribution in [-0.4, -0.2) is 24.3 Å². The Morgan fingerprint density at radius 1 is 1.18 bits per heavy atom. The molecule has 0 saturated carbocycles. The van der Waals surface area contributed by atoms with Crippen LogP contribution in [0.5, 0.6) is 0 Å². The topological polar surface area (TPSA) is 37.1 Å². The zero-order valence-electron chi connectivity index (χ0n) is 8.85. The number of halogens is 3. The van der Waals surface area contributed by atoms with Crippen LogP contribution in [0.2, 0.25) is 0 Å². The first-order valence-electron chi connectivity index (χ1n) is 4.91. The molecule has 7 heteroatoms. The van der Waals surface area contributed by atoms with Gasteiger partial charge < -0.3 is 0 Å². The molecule has 0 amide bonds. The van der Waals surface area contributed by atoms with E-state index in [0.29, 0.717) is 9.87 Å².